The highest BCUT2D eigenvalue weighted by Gasteiger charge is 2.10. The molecular formula is C11H14N2OS. The van der Waals surface area contributed by atoms with E-state index in [1.165, 1.54) is 12.2 Å². The van der Waals surface area contributed by atoms with Crippen molar-refractivity contribution in [3.63, 3.8) is 0 Å². The molecule has 3 nitrogen and oxygen atoms in total. The third-order valence-electron chi connectivity index (χ3n) is 2.45. The maximum atomic E-state index is 10.5. The lowest BCUT2D eigenvalue weighted by Crippen LogP contribution is -2.26. The molecule has 15 heavy (non-hydrogen) atoms. The third-order valence-corrected chi connectivity index (χ3v) is 3.50. The fourth-order valence-corrected chi connectivity index (χ4v) is 2.52. The van der Waals surface area contributed by atoms with Crippen molar-refractivity contribution in [2.45, 2.75) is 6.42 Å². The Morgan fingerprint density at radius 2 is 2.27 bits per heavy atom. The number of pyridine rings is 1. The van der Waals surface area contributed by atoms with Crippen LogP contribution in [0.4, 0.5) is 5.82 Å². The molecule has 0 aromatic carbocycles. The van der Waals surface area contributed by atoms with Gasteiger partial charge in [-0.1, -0.05) is 0 Å². The van der Waals surface area contributed by atoms with Crippen LogP contribution in [0.2, 0.25) is 0 Å². The Morgan fingerprint density at radius 1 is 1.33 bits per heavy atom. The molecule has 0 spiro atoms. The first kappa shape index (κ1) is 10.5. The van der Waals surface area contributed by atoms with Crippen LogP contribution in [0.5, 0.6) is 0 Å². The summed E-state index contributed by atoms with van der Waals surface area (Å²) in [6, 6.07) is 3.76. The zero-order valence-corrected chi connectivity index (χ0v) is 9.37. The number of rotatable bonds is 2. The second-order valence-corrected chi connectivity index (χ2v) is 4.75. The van der Waals surface area contributed by atoms with Crippen LogP contribution >= 0.6 is 11.8 Å². The van der Waals surface area contributed by atoms with E-state index in [0.717, 1.165) is 30.9 Å². The highest BCUT2D eigenvalue weighted by molar-refractivity contribution is 7.99. The van der Waals surface area contributed by atoms with Crippen molar-refractivity contribution in [3.05, 3.63) is 23.9 Å². The summed E-state index contributed by atoms with van der Waals surface area (Å²) in [6.07, 6.45) is 3.68. The SMILES string of the molecule is O=Cc1ccc(N2CCCSCC2)nc1. The molecule has 80 valence electrons. The van der Waals surface area contributed by atoms with E-state index in [0.29, 0.717) is 5.56 Å². The molecule has 0 atom stereocenters. The van der Waals surface area contributed by atoms with Gasteiger partial charge in [-0.2, -0.15) is 11.8 Å². The Labute approximate surface area is 93.9 Å². The fraction of sp³-hybridized carbons (Fsp3) is 0.455. The minimum absolute atomic E-state index is 0.642. The van der Waals surface area contributed by atoms with Gasteiger partial charge in [0.25, 0.3) is 0 Å². The Kier molecular flexibility index (Phi) is 3.61. The molecule has 0 unspecified atom stereocenters. The van der Waals surface area contributed by atoms with Crippen molar-refractivity contribution in [3.8, 4) is 0 Å². The van der Waals surface area contributed by atoms with Crippen LogP contribution in [-0.2, 0) is 0 Å². The normalized spacial score (nSPS) is 17.2. The largest absolute Gasteiger partial charge is 0.356 e. The maximum Gasteiger partial charge on any atom is 0.151 e. The number of aldehydes is 1. The fourth-order valence-electron chi connectivity index (χ4n) is 1.63. The van der Waals surface area contributed by atoms with Gasteiger partial charge in [0, 0.05) is 30.6 Å². The number of thioether (sulfide) groups is 1. The number of carbonyl (C=O) groups excluding carboxylic acids is 1. The predicted octanol–water partition coefficient (Wildman–Crippen LogP) is 1.84. The van der Waals surface area contributed by atoms with Gasteiger partial charge in [-0.3, -0.25) is 4.79 Å². The Hall–Kier alpha value is -1.03. The smallest absolute Gasteiger partial charge is 0.151 e. The molecule has 4 heteroatoms. The van der Waals surface area contributed by atoms with Gasteiger partial charge in [0.15, 0.2) is 6.29 Å². The highest BCUT2D eigenvalue weighted by atomic mass is 32.2. The first-order valence-electron chi connectivity index (χ1n) is 5.14. The molecular weight excluding hydrogens is 208 g/mol. The lowest BCUT2D eigenvalue weighted by Gasteiger charge is -2.20. The lowest BCUT2D eigenvalue weighted by atomic mass is 10.3. The summed E-state index contributed by atoms with van der Waals surface area (Å²) in [6.45, 7) is 2.12. The van der Waals surface area contributed by atoms with Gasteiger partial charge in [-0.15, -0.1) is 0 Å². The maximum absolute atomic E-state index is 10.5. The van der Waals surface area contributed by atoms with E-state index < -0.39 is 0 Å². The van der Waals surface area contributed by atoms with E-state index in [4.69, 9.17) is 0 Å². The third kappa shape index (κ3) is 2.72. The Bertz CT molecular complexity index is 318. The van der Waals surface area contributed by atoms with E-state index in [-0.39, 0.29) is 0 Å². The molecule has 0 N–H and O–H groups in total. The molecule has 0 amide bonds. The summed E-state index contributed by atoms with van der Waals surface area (Å²) < 4.78 is 0. The van der Waals surface area contributed by atoms with E-state index in [1.54, 1.807) is 6.20 Å². The minimum atomic E-state index is 0.642. The molecule has 1 saturated heterocycles. The van der Waals surface area contributed by atoms with Crippen molar-refractivity contribution in [2.24, 2.45) is 0 Å². The van der Waals surface area contributed by atoms with E-state index in [1.807, 2.05) is 23.9 Å². The summed E-state index contributed by atoms with van der Waals surface area (Å²) in [4.78, 5) is 17.1. The Balaban J connectivity index is 2.09. The molecule has 1 aromatic rings. The lowest BCUT2D eigenvalue weighted by molar-refractivity contribution is 0.112. The van der Waals surface area contributed by atoms with Gasteiger partial charge >= 0.3 is 0 Å². The van der Waals surface area contributed by atoms with Gasteiger partial charge in [0.1, 0.15) is 5.82 Å². The number of hydrogen-bond donors (Lipinski definition) is 0. The van der Waals surface area contributed by atoms with Gasteiger partial charge in [0.2, 0.25) is 0 Å². The van der Waals surface area contributed by atoms with Crippen LogP contribution in [0.15, 0.2) is 18.3 Å². The average Bonchev–Trinajstić information content (AvgIpc) is 2.58. The summed E-state index contributed by atoms with van der Waals surface area (Å²) in [5.74, 6) is 3.39. The summed E-state index contributed by atoms with van der Waals surface area (Å²) in [7, 11) is 0. The van der Waals surface area contributed by atoms with Crippen LogP contribution in [0.1, 0.15) is 16.8 Å². The number of aromatic nitrogens is 1. The van der Waals surface area contributed by atoms with E-state index in [9.17, 15) is 4.79 Å². The zero-order chi connectivity index (χ0) is 10.5. The molecule has 0 radical (unpaired) electrons. The molecule has 1 fully saturated rings. The first-order chi connectivity index (χ1) is 7.40. The quantitative estimate of drug-likeness (QED) is 0.715. The van der Waals surface area contributed by atoms with Crippen molar-refractivity contribution in [1.29, 1.82) is 0 Å². The zero-order valence-electron chi connectivity index (χ0n) is 8.56. The van der Waals surface area contributed by atoms with Gasteiger partial charge < -0.3 is 4.90 Å². The number of carbonyl (C=O) groups is 1. The number of anilines is 1. The summed E-state index contributed by atoms with van der Waals surface area (Å²) in [5.41, 5.74) is 0.642. The molecule has 0 aliphatic carbocycles. The Morgan fingerprint density at radius 3 is 3.00 bits per heavy atom. The van der Waals surface area contributed by atoms with Crippen molar-refractivity contribution >= 4 is 23.9 Å². The van der Waals surface area contributed by atoms with E-state index >= 15 is 0 Å². The van der Waals surface area contributed by atoms with Gasteiger partial charge in [-0.05, 0) is 24.3 Å². The van der Waals surface area contributed by atoms with Crippen LogP contribution in [-0.4, -0.2) is 35.9 Å². The molecule has 2 rings (SSSR count). The highest BCUT2D eigenvalue weighted by Crippen LogP contribution is 2.16. The summed E-state index contributed by atoms with van der Waals surface area (Å²) >= 11 is 2.00. The summed E-state index contributed by atoms with van der Waals surface area (Å²) in [5, 5.41) is 0. The number of nitrogens with zero attached hydrogens (tertiary/aromatic N) is 2. The monoisotopic (exact) mass is 222 g/mol. The second-order valence-electron chi connectivity index (χ2n) is 3.52. The molecule has 1 aromatic heterocycles. The van der Waals surface area contributed by atoms with Crippen LogP contribution < -0.4 is 4.90 Å². The van der Waals surface area contributed by atoms with Crippen LogP contribution in [0, 0.1) is 0 Å². The number of hydrogen-bond acceptors (Lipinski definition) is 4. The molecule has 0 bridgehead atoms. The second kappa shape index (κ2) is 5.16. The van der Waals surface area contributed by atoms with E-state index in [2.05, 4.69) is 9.88 Å². The van der Waals surface area contributed by atoms with Crippen molar-refractivity contribution < 1.29 is 4.79 Å². The molecule has 1 aliphatic rings. The topological polar surface area (TPSA) is 33.2 Å². The standard InChI is InChI=1S/C11H14N2OS/c14-9-10-2-3-11(12-8-10)13-4-1-6-15-7-5-13/h2-3,8-9H,1,4-7H2. The predicted molar refractivity (Wildman–Crippen MR) is 63.8 cm³/mol. The van der Waals surface area contributed by atoms with Crippen LogP contribution in [0.25, 0.3) is 0 Å². The van der Waals surface area contributed by atoms with Crippen molar-refractivity contribution in [1.82, 2.24) is 4.98 Å². The molecule has 0 saturated carbocycles. The first-order valence-corrected chi connectivity index (χ1v) is 6.29. The molecule has 1 aliphatic heterocycles. The molecule has 2 heterocycles. The minimum Gasteiger partial charge on any atom is -0.356 e. The van der Waals surface area contributed by atoms with Gasteiger partial charge in [0.05, 0.1) is 0 Å². The van der Waals surface area contributed by atoms with Crippen molar-refractivity contribution in [2.75, 3.05) is 29.5 Å². The van der Waals surface area contributed by atoms with Crippen LogP contribution in [0.3, 0.4) is 0 Å². The van der Waals surface area contributed by atoms with Gasteiger partial charge in [-0.25, -0.2) is 4.98 Å². The average molecular weight is 222 g/mol.